The maximum absolute atomic E-state index is 14.6. The molecule has 44 heavy (non-hydrogen) atoms. The Balaban J connectivity index is 1.21. The van der Waals surface area contributed by atoms with E-state index in [0.29, 0.717) is 52.7 Å². The Kier molecular flexibility index (Phi) is 7.61. The van der Waals surface area contributed by atoms with Crippen LogP contribution in [0, 0.1) is 5.82 Å². The molecule has 2 N–H and O–H groups in total. The lowest BCUT2D eigenvalue weighted by Gasteiger charge is -2.22. The molecular formula is C33H33FN8O2. The van der Waals surface area contributed by atoms with Crippen molar-refractivity contribution in [1.29, 1.82) is 0 Å². The molecule has 1 aromatic carbocycles. The van der Waals surface area contributed by atoms with Crippen LogP contribution in [0.4, 0.5) is 4.39 Å². The third-order valence-electron chi connectivity index (χ3n) is 7.85. The lowest BCUT2D eigenvalue weighted by Crippen LogP contribution is -2.19. The first kappa shape index (κ1) is 27.9. The van der Waals surface area contributed by atoms with Gasteiger partial charge in [0.15, 0.2) is 11.5 Å². The SMILES string of the molecule is CN(C)CCOc1cc(F)cc(-c2nccc3[nH]c(-c4n[nH]c5ccc(-c6cncc(OC7CCCCC7)c6)nc45)nc23)c1. The summed E-state index contributed by atoms with van der Waals surface area (Å²) in [6.07, 6.45) is 11.3. The van der Waals surface area contributed by atoms with Crippen LogP contribution in [-0.4, -0.2) is 73.4 Å². The number of aromatic nitrogens is 7. The summed E-state index contributed by atoms with van der Waals surface area (Å²) in [5.41, 5.74) is 6.06. The number of halogens is 1. The van der Waals surface area contributed by atoms with Crippen molar-refractivity contribution in [3.8, 4) is 45.5 Å². The molecule has 0 spiro atoms. The zero-order valence-corrected chi connectivity index (χ0v) is 24.7. The van der Waals surface area contributed by atoms with E-state index in [1.54, 1.807) is 24.7 Å². The number of hydrogen-bond acceptors (Lipinski definition) is 8. The van der Waals surface area contributed by atoms with Gasteiger partial charge in [-0.1, -0.05) is 6.42 Å². The molecule has 5 aromatic heterocycles. The molecule has 0 radical (unpaired) electrons. The van der Waals surface area contributed by atoms with Gasteiger partial charge in [-0.15, -0.1) is 0 Å². The molecule has 0 bridgehead atoms. The molecule has 1 saturated carbocycles. The summed E-state index contributed by atoms with van der Waals surface area (Å²) < 4.78 is 26.7. The highest BCUT2D eigenvalue weighted by molar-refractivity contribution is 5.95. The fourth-order valence-electron chi connectivity index (χ4n) is 5.61. The number of benzene rings is 1. The molecule has 0 saturated heterocycles. The van der Waals surface area contributed by atoms with E-state index in [1.165, 1.54) is 31.4 Å². The maximum Gasteiger partial charge on any atom is 0.161 e. The molecule has 5 heterocycles. The first-order valence-electron chi connectivity index (χ1n) is 14.9. The van der Waals surface area contributed by atoms with Crippen molar-refractivity contribution in [1.82, 2.24) is 40.0 Å². The van der Waals surface area contributed by atoms with E-state index in [9.17, 15) is 4.39 Å². The van der Waals surface area contributed by atoms with Crippen molar-refractivity contribution in [2.75, 3.05) is 27.2 Å². The number of imidazole rings is 1. The van der Waals surface area contributed by atoms with Gasteiger partial charge in [-0.25, -0.2) is 14.4 Å². The van der Waals surface area contributed by atoms with Gasteiger partial charge in [-0.05, 0) is 76.2 Å². The van der Waals surface area contributed by atoms with Crippen molar-refractivity contribution >= 4 is 22.1 Å². The smallest absolute Gasteiger partial charge is 0.161 e. The van der Waals surface area contributed by atoms with Crippen LogP contribution in [-0.2, 0) is 0 Å². The first-order chi connectivity index (χ1) is 21.5. The second-order valence-electron chi connectivity index (χ2n) is 11.4. The minimum absolute atomic E-state index is 0.235. The Morgan fingerprint density at radius 3 is 2.59 bits per heavy atom. The van der Waals surface area contributed by atoms with E-state index < -0.39 is 5.82 Å². The first-order valence-corrected chi connectivity index (χ1v) is 14.9. The molecule has 1 aliphatic carbocycles. The molecule has 11 heteroatoms. The van der Waals surface area contributed by atoms with Crippen LogP contribution in [0.2, 0.25) is 0 Å². The predicted octanol–water partition coefficient (Wildman–Crippen LogP) is 6.42. The third kappa shape index (κ3) is 5.83. The number of rotatable bonds is 9. The number of ether oxygens (including phenoxy) is 2. The average molecular weight is 593 g/mol. The van der Waals surface area contributed by atoms with Crippen molar-refractivity contribution in [2.24, 2.45) is 0 Å². The van der Waals surface area contributed by atoms with Gasteiger partial charge in [0.1, 0.15) is 35.0 Å². The number of aromatic amines is 2. The lowest BCUT2D eigenvalue weighted by atomic mass is 9.98. The Bertz CT molecular complexity index is 1930. The summed E-state index contributed by atoms with van der Waals surface area (Å²) in [6, 6.07) is 12.3. The van der Waals surface area contributed by atoms with Gasteiger partial charge in [0.25, 0.3) is 0 Å². The normalized spacial score (nSPS) is 14.1. The van der Waals surface area contributed by atoms with E-state index in [4.69, 9.17) is 19.4 Å². The molecule has 224 valence electrons. The van der Waals surface area contributed by atoms with Crippen molar-refractivity contribution in [2.45, 2.75) is 38.2 Å². The molecule has 0 atom stereocenters. The Labute approximate surface area is 253 Å². The van der Waals surface area contributed by atoms with Crippen molar-refractivity contribution in [3.05, 3.63) is 66.9 Å². The highest BCUT2D eigenvalue weighted by atomic mass is 19.1. The minimum atomic E-state index is -0.408. The number of fused-ring (bicyclic) bond motifs is 2. The highest BCUT2D eigenvalue weighted by Gasteiger charge is 2.19. The van der Waals surface area contributed by atoms with Crippen molar-refractivity contribution in [3.63, 3.8) is 0 Å². The van der Waals surface area contributed by atoms with Crippen LogP contribution in [0.25, 0.3) is 56.1 Å². The Hall–Kier alpha value is -4.90. The molecule has 0 aliphatic heterocycles. The fourth-order valence-corrected chi connectivity index (χ4v) is 5.61. The summed E-state index contributed by atoms with van der Waals surface area (Å²) in [5, 5.41) is 7.61. The molecule has 7 rings (SSSR count). The fraction of sp³-hybridized carbons (Fsp3) is 0.303. The van der Waals surface area contributed by atoms with Crippen molar-refractivity contribution < 1.29 is 13.9 Å². The number of H-pyrrole nitrogens is 2. The molecule has 0 unspecified atom stereocenters. The second kappa shape index (κ2) is 12.0. The monoisotopic (exact) mass is 592 g/mol. The van der Waals surface area contributed by atoms with E-state index in [2.05, 4.69) is 25.1 Å². The lowest BCUT2D eigenvalue weighted by molar-refractivity contribution is 0.154. The zero-order valence-electron chi connectivity index (χ0n) is 24.7. The van der Waals surface area contributed by atoms with Crippen LogP contribution in [0.3, 0.4) is 0 Å². The summed E-state index contributed by atoms with van der Waals surface area (Å²) >= 11 is 0. The van der Waals surface area contributed by atoms with Gasteiger partial charge in [0, 0.05) is 36.1 Å². The molecule has 0 amide bonds. The van der Waals surface area contributed by atoms with Gasteiger partial charge in [-0.2, -0.15) is 5.10 Å². The standard InChI is InChI=1S/C33H33FN8O2/c1-42(2)12-13-43-24-15-20(14-22(34)17-24)29-30-27(10-11-36-29)38-33(39-30)32-31-28(40-41-32)9-8-26(37-31)21-16-25(19-35-18-21)44-23-6-4-3-5-7-23/h8-11,14-19,23H,3-7,12-13H2,1-2H3,(H,38,39)(H,40,41). The number of hydrogen-bond donors (Lipinski definition) is 2. The molecule has 10 nitrogen and oxygen atoms in total. The summed E-state index contributed by atoms with van der Waals surface area (Å²) in [6.45, 7) is 1.15. The van der Waals surface area contributed by atoms with Gasteiger partial charge in [0.2, 0.25) is 0 Å². The van der Waals surface area contributed by atoms with E-state index >= 15 is 0 Å². The van der Waals surface area contributed by atoms with Crippen LogP contribution in [0.5, 0.6) is 11.5 Å². The molecule has 1 fully saturated rings. The van der Waals surface area contributed by atoms with E-state index in [0.717, 1.165) is 40.9 Å². The third-order valence-corrected chi connectivity index (χ3v) is 7.85. The summed E-state index contributed by atoms with van der Waals surface area (Å²) in [5.74, 6) is 1.31. The van der Waals surface area contributed by atoms with Gasteiger partial charge < -0.3 is 19.4 Å². The predicted molar refractivity (Wildman–Crippen MR) is 167 cm³/mol. The number of likely N-dealkylation sites (N-methyl/N-ethyl adjacent to an activating group) is 1. The Morgan fingerprint density at radius 1 is 0.886 bits per heavy atom. The van der Waals surface area contributed by atoms with Gasteiger partial charge in [-0.3, -0.25) is 15.1 Å². The van der Waals surface area contributed by atoms with Gasteiger partial charge in [0.05, 0.1) is 34.7 Å². The van der Waals surface area contributed by atoms with Crippen LogP contribution in [0.1, 0.15) is 32.1 Å². The van der Waals surface area contributed by atoms with Crippen LogP contribution in [0.15, 0.2) is 61.1 Å². The zero-order chi connectivity index (χ0) is 30.0. The quantitative estimate of drug-likeness (QED) is 0.198. The van der Waals surface area contributed by atoms with Crippen LogP contribution >= 0.6 is 0 Å². The number of pyridine rings is 3. The van der Waals surface area contributed by atoms with Crippen LogP contribution < -0.4 is 9.47 Å². The number of nitrogens with one attached hydrogen (secondary N) is 2. The summed E-state index contributed by atoms with van der Waals surface area (Å²) in [4.78, 5) is 24.2. The maximum atomic E-state index is 14.6. The molecule has 6 aromatic rings. The number of nitrogens with zero attached hydrogens (tertiary/aromatic N) is 6. The highest BCUT2D eigenvalue weighted by Crippen LogP contribution is 2.33. The average Bonchev–Trinajstić information content (AvgIpc) is 3.65. The van der Waals surface area contributed by atoms with E-state index in [-0.39, 0.29) is 6.10 Å². The molecular weight excluding hydrogens is 559 g/mol. The minimum Gasteiger partial charge on any atom is -0.492 e. The topological polar surface area (TPSA) is 118 Å². The largest absolute Gasteiger partial charge is 0.492 e. The van der Waals surface area contributed by atoms with Gasteiger partial charge >= 0.3 is 0 Å². The second-order valence-corrected chi connectivity index (χ2v) is 11.4. The summed E-state index contributed by atoms with van der Waals surface area (Å²) in [7, 11) is 3.92. The van der Waals surface area contributed by atoms with E-state index in [1.807, 2.05) is 43.3 Å². The molecule has 1 aliphatic rings. The Morgan fingerprint density at radius 2 is 1.73 bits per heavy atom.